The predicted molar refractivity (Wildman–Crippen MR) is 76.2 cm³/mol. The van der Waals surface area contributed by atoms with Crippen molar-refractivity contribution in [2.45, 2.75) is 18.4 Å². The van der Waals surface area contributed by atoms with Crippen molar-refractivity contribution >= 4 is 15.5 Å². The molecule has 1 saturated heterocycles. The fourth-order valence-corrected chi connectivity index (χ4v) is 4.45. The van der Waals surface area contributed by atoms with Crippen LogP contribution < -0.4 is 15.8 Å². The van der Waals surface area contributed by atoms with Crippen LogP contribution in [0.5, 0.6) is 5.75 Å². The Balaban J connectivity index is 2.26. The van der Waals surface area contributed by atoms with Crippen LogP contribution in [-0.4, -0.2) is 39.1 Å². The molecule has 0 radical (unpaired) electrons. The van der Waals surface area contributed by atoms with Gasteiger partial charge in [0, 0.05) is 18.3 Å². The molecule has 7 heteroatoms. The Hall–Kier alpha value is -1.34. The molecule has 0 aliphatic carbocycles. The van der Waals surface area contributed by atoms with Crippen molar-refractivity contribution in [3.8, 4) is 5.75 Å². The van der Waals surface area contributed by atoms with E-state index in [1.54, 1.807) is 6.07 Å². The maximum absolute atomic E-state index is 13.4. The summed E-state index contributed by atoms with van der Waals surface area (Å²) in [6, 6.07) is 4.34. The number of halogens is 1. The van der Waals surface area contributed by atoms with Crippen molar-refractivity contribution < 1.29 is 17.5 Å². The second kappa shape index (κ2) is 5.57. The molecule has 1 aliphatic rings. The molecule has 2 rings (SSSR count). The topological polar surface area (TPSA) is 81.4 Å². The molecule has 1 fully saturated rings. The number of hydrogen-bond donors (Lipinski definition) is 2. The molecule has 1 atom stereocenters. The van der Waals surface area contributed by atoms with Crippen LogP contribution >= 0.6 is 0 Å². The zero-order valence-electron chi connectivity index (χ0n) is 11.4. The lowest BCUT2D eigenvalue weighted by atomic mass is 9.95. The third-order valence-corrected chi connectivity index (χ3v) is 5.46. The third-order valence-electron chi connectivity index (χ3n) is 3.56. The molecule has 1 aliphatic heterocycles. The van der Waals surface area contributed by atoms with E-state index in [0.29, 0.717) is 18.5 Å². The summed E-state index contributed by atoms with van der Waals surface area (Å²) in [5.74, 6) is -0.156. The second-order valence-corrected chi connectivity index (χ2v) is 7.34. The first kappa shape index (κ1) is 15.1. The van der Waals surface area contributed by atoms with Gasteiger partial charge < -0.3 is 15.8 Å². The van der Waals surface area contributed by atoms with E-state index < -0.39 is 21.2 Å². The van der Waals surface area contributed by atoms with Gasteiger partial charge in [0.05, 0.1) is 24.2 Å². The van der Waals surface area contributed by atoms with Crippen molar-refractivity contribution in [3.63, 3.8) is 0 Å². The van der Waals surface area contributed by atoms with E-state index in [0.717, 1.165) is 0 Å². The quantitative estimate of drug-likeness (QED) is 0.872. The standard InChI is InChI=1S/C13H19FN2O3S/c1-19-12-7-10(3-4-11(12)14)16-13(8-15)5-2-6-20(17,18)9-13/h3-4,7,16H,2,5-6,8-9,15H2,1H3. The van der Waals surface area contributed by atoms with Gasteiger partial charge in [-0.25, -0.2) is 12.8 Å². The molecule has 0 saturated carbocycles. The normalized spacial score (nSPS) is 25.1. The van der Waals surface area contributed by atoms with Crippen LogP contribution in [-0.2, 0) is 9.84 Å². The van der Waals surface area contributed by atoms with E-state index in [9.17, 15) is 12.8 Å². The Morgan fingerprint density at radius 3 is 2.85 bits per heavy atom. The Morgan fingerprint density at radius 1 is 1.50 bits per heavy atom. The molecule has 1 unspecified atom stereocenters. The first-order chi connectivity index (χ1) is 9.40. The van der Waals surface area contributed by atoms with Crippen molar-refractivity contribution in [1.29, 1.82) is 0 Å². The van der Waals surface area contributed by atoms with Gasteiger partial charge in [0.15, 0.2) is 21.4 Å². The number of sulfone groups is 1. The molecule has 0 aromatic heterocycles. The average Bonchev–Trinajstić information content (AvgIpc) is 2.40. The van der Waals surface area contributed by atoms with Gasteiger partial charge in [-0.2, -0.15) is 0 Å². The Morgan fingerprint density at radius 2 is 2.25 bits per heavy atom. The molecular weight excluding hydrogens is 283 g/mol. The summed E-state index contributed by atoms with van der Waals surface area (Å²) in [6.45, 7) is 0.200. The summed E-state index contributed by atoms with van der Waals surface area (Å²) in [7, 11) is -1.71. The van der Waals surface area contributed by atoms with Gasteiger partial charge in [0.2, 0.25) is 0 Å². The van der Waals surface area contributed by atoms with Gasteiger partial charge in [0.25, 0.3) is 0 Å². The van der Waals surface area contributed by atoms with Crippen molar-refractivity contribution in [3.05, 3.63) is 24.0 Å². The number of nitrogens with two attached hydrogens (primary N) is 1. The smallest absolute Gasteiger partial charge is 0.165 e. The number of nitrogens with one attached hydrogen (secondary N) is 1. The van der Waals surface area contributed by atoms with Gasteiger partial charge in [0.1, 0.15) is 0 Å². The number of rotatable bonds is 4. The predicted octanol–water partition coefficient (Wildman–Crippen LogP) is 1.15. The van der Waals surface area contributed by atoms with Gasteiger partial charge in [-0.3, -0.25) is 0 Å². The number of anilines is 1. The van der Waals surface area contributed by atoms with Crippen LogP contribution in [0.3, 0.4) is 0 Å². The second-order valence-electron chi connectivity index (χ2n) is 5.15. The molecule has 1 heterocycles. The zero-order valence-corrected chi connectivity index (χ0v) is 12.2. The number of benzene rings is 1. The highest BCUT2D eigenvalue weighted by Crippen LogP contribution is 2.29. The minimum atomic E-state index is -3.09. The summed E-state index contributed by atoms with van der Waals surface area (Å²) in [4.78, 5) is 0. The summed E-state index contributed by atoms with van der Waals surface area (Å²) < 4.78 is 41.9. The van der Waals surface area contributed by atoms with E-state index in [1.807, 2.05) is 0 Å². The summed E-state index contributed by atoms with van der Waals surface area (Å²) >= 11 is 0. The lowest BCUT2D eigenvalue weighted by Gasteiger charge is -2.37. The Kier molecular flexibility index (Phi) is 4.19. The minimum Gasteiger partial charge on any atom is -0.494 e. The van der Waals surface area contributed by atoms with Crippen molar-refractivity contribution in [1.82, 2.24) is 0 Å². The van der Waals surface area contributed by atoms with Gasteiger partial charge in [-0.1, -0.05) is 0 Å². The molecule has 3 N–H and O–H groups in total. The Bertz CT molecular complexity index is 591. The summed E-state index contributed by atoms with van der Waals surface area (Å²) in [5.41, 5.74) is 5.68. The summed E-state index contributed by atoms with van der Waals surface area (Å²) in [6.07, 6.45) is 1.24. The fraction of sp³-hybridized carbons (Fsp3) is 0.538. The maximum atomic E-state index is 13.4. The van der Waals surface area contributed by atoms with E-state index in [2.05, 4.69) is 5.32 Å². The maximum Gasteiger partial charge on any atom is 0.165 e. The van der Waals surface area contributed by atoms with Gasteiger partial charge >= 0.3 is 0 Å². The highest BCUT2D eigenvalue weighted by Gasteiger charge is 2.38. The fourth-order valence-electron chi connectivity index (χ4n) is 2.55. The molecule has 0 spiro atoms. The lowest BCUT2D eigenvalue weighted by Crippen LogP contribution is -2.53. The monoisotopic (exact) mass is 302 g/mol. The molecular formula is C13H19FN2O3S. The van der Waals surface area contributed by atoms with E-state index in [4.69, 9.17) is 10.5 Å². The first-order valence-electron chi connectivity index (χ1n) is 6.42. The largest absolute Gasteiger partial charge is 0.494 e. The lowest BCUT2D eigenvalue weighted by molar-refractivity contribution is 0.386. The molecule has 5 nitrogen and oxygen atoms in total. The molecule has 20 heavy (non-hydrogen) atoms. The van der Waals surface area contributed by atoms with Crippen LogP contribution in [0.2, 0.25) is 0 Å². The van der Waals surface area contributed by atoms with Crippen LogP contribution in [0.4, 0.5) is 10.1 Å². The highest BCUT2D eigenvalue weighted by atomic mass is 32.2. The van der Waals surface area contributed by atoms with Gasteiger partial charge in [-0.05, 0) is 25.0 Å². The zero-order chi connectivity index (χ0) is 14.8. The first-order valence-corrected chi connectivity index (χ1v) is 8.24. The SMILES string of the molecule is COc1cc(NC2(CN)CCCS(=O)(=O)C2)ccc1F. The average molecular weight is 302 g/mol. The van der Waals surface area contributed by atoms with E-state index in [-0.39, 0.29) is 23.8 Å². The highest BCUT2D eigenvalue weighted by molar-refractivity contribution is 7.91. The van der Waals surface area contributed by atoms with E-state index >= 15 is 0 Å². The van der Waals surface area contributed by atoms with Crippen molar-refractivity contribution in [2.75, 3.05) is 30.5 Å². The van der Waals surface area contributed by atoms with E-state index in [1.165, 1.54) is 19.2 Å². The molecule has 0 bridgehead atoms. The van der Waals surface area contributed by atoms with Crippen LogP contribution in [0, 0.1) is 5.82 Å². The molecule has 1 aromatic rings. The number of hydrogen-bond acceptors (Lipinski definition) is 5. The van der Waals surface area contributed by atoms with Crippen molar-refractivity contribution in [2.24, 2.45) is 5.73 Å². The number of methoxy groups -OCH3 is 1. The molecule has 112 valence electrons. The third kappa shape index (κ3) is 3.21. The molecule has 1 aromatic carbocycles. The number of ether oxygens (including phenoxy) is 1. The Labute approximate surface area is 118 Å². The van der Waals surface area contributed by atoms with Crippen LogP contribution in [0.1, 0.15) is 12.8 Å². The minimum absolute atomic E-state index is 0.00378. The van der Waals surface area contributed by atoms with Crippen LogP contribution in [0.15, 0.2) is 18.2 Å². The van der Waals surface area contributed by atoms with Crippen LogP contribution in [0.25, 0.3) is 0 Å². The summed E-state index contributed by atoms with van der Waals surface area (Å²) in [5, 5.41) is 3.15. The van der Waals surface area contributed by atoms with Gasteiger partial charge in [-0.15, -0.1) is 0 Å². The molecule has 0 amide bonds.